The first-order valence-corrected chi connectivity index (χ1v) is 8.52. The maximum atomic E-state index is 6.27. The van der Waals surface area contributed by atoms with Gasteiger partial charge in [-0.25, -0.2) is 0 Å². The maximum Gasteiger partial charge on any atom is 0.0488 e. The lowest BCUT2D eigenvalue weighted by Crippen LogP contribution is -2.40. The van der Waals surface area contributed by atoms with E-state index in [0.29, 0.717) is 5.88 Å². The van der Waals surface area contributed by atoms with Gasteiger partial charge in [0.05, 0.1) is 0 Å². The van der Waals surface area contributed by atoms with Crippen LogP contribution in [0.3, 0.4) is 0 Å². The zero-order valence-electron chi connectivity index (χ0n) is 11.8. The van der Waals surface area contributed by atoms with Crippen LogP contribution in [0.5, 0.6) is 0 Å². The van der Waals surface area contributed by atoms with Crippen LogP contribution in [0, 0.1) is 0 Å². The molecule has 0 saturated carbocycles. The van der Waals surface area contributed by atoms with Gasteiger partial charge in [-0.1, -0.05) is 24.1 Å². The molecule has 110 valence electrons. The zero-order valence-corrected chi connectivity index (χ0v) is 13.3. The normalized spacial score (nSPS) is 24.3. The number of hydrogen-bond acceptors (Lipinski definition) is 2. The number of likely N-dealkylation sites (tertiary alicyclic amines) is 1. The van der Waals surface area contributed by atoms with Crippen molar-refractivity contribution >= 4 is 28.9 Å². The molecule has 2 heterocycles. The third kappa shape index (κ3) is 3.08. The van der Waals surface area contributed by atoms with Crippen LogP contribution in [0.4, 0.5) is 5.69 Å². The van der Waals surface area contributed by atoms with Gasteiger partial charge in [0, 0.05) is 35.7 Å². The summed E-state index contributed by atoms with van der Waals surface area (Å²) in [6, 6.07) is 7.00. The van der Waals surface area contributed by atoms with Gasteiger partial charge in [0.25, 0.3) is 0 Å². The van der Waals surface area contributed by atoms with E-state index in [4.69, 9.17) is 23.2 Å². The molecule has 1 aromatic rings. The fourth-order valence-corrected chi connectivity index (χ4v) is 3.94. The molecular weight excluding hydrogens is 291 g/mol. The van der Waals surface area contributed by atoms with Gasteiger partial charge in [-0.2, -0.15) is 0 Å². The molecule has 1 aromatic carbocycles. The lowest BCUT2D eigenvalue weighted by molar-refractivity contribution is 0.175. The van der Waals surface area contributed by atoms with Crippen molar-refractivity contribution in [1.29, 1.82) is 0 Å². The summed E-state index contributed by atoms with van der Waals surface area (Å²) in [5.41, 5.74) is 2.26. The third-order valence-corrected chi connectivity index (χ3v) is 5.26. The highest BCUT2D eigenvalue weighted by molar-refractivity contribution is 6.32. The Balaban J connectivity index is 1.65. The molecule has 0 radical (unpaired) electrons. The highest BCUT2D eigenvalue weighted by Crippen LogP contribution is 2.29. The summed E-state index contributed by atoms with van der Waals surface area (Å²) in [5.74, 6) is 0.482. The summed E-state index contributed by atoms with van der Waals surface area (Å²) in [5, 5.41) is 0.791. The number of nitrogens with zero attached hydrogens (tertiary/aromatic N) is 2. The van der Waals surface area contributed by atoms with E-state index < -0.39 is 0 Å². The molecule has 0 amide bonds. The van der Waals surface area contributed by atoms with Crippen molar-refractivity contribution in [2.75, 3.05) is 31.1 Å². The number of anilines is 1. The van der Waals surface area contributed by atoms with Gasteiger partial charge in [0.15, 0.2) is 0 Å². The minimum Gasteiger partial charge on any atom is -0.370 e. The van der Waals surface area contributed by atoms with Gasteiger partial charge in [-0.05, 0) is 50.0 Å². The van der Waals surface area contributed by atoms with Crippen LogP contribution >= 0.6 is 23.2 Å². The SMILES string of the molecule is ClCc1ccc(N2CCC(N3CCCCC3)C2)cc1Cl. The van der Waals surface area contributed by atoms with E-state index in [2.05, 4.69) is 28.0 Å². The van der Waals surface area contributed by atoms with E-state index in [-0.39, 0.29) is 0 Å². The van der Waals surface area contributed by atoms with E-state index in [1.165, 1.54) is 44.5 Å². The second-order valence-electron chi connectivity index (χ2n) is 5.89. The Bertz CT molecular complexity index is 458. The van der Waals surface area contributed by atoms with Crippen molar-refractivity contribution in [1.82, 2.24) is 4.90 Å². The summed E-state index contributed by atoms with van der Waals surface area (Å²) in [6.45, 7) is 4.84. The predicted molar refractivity (Wildman–Crippen MR) is 87.1 cm³/mol. The molecule has 2 aliphatic rings. The third-order valence-electron chi connectivity index (χ3n) is 4.62. The first-order chi connectivity index (χ1) is 9.78. The van der Waals surface area contributed by atoms with Crippen LogP contribution in [0.25, 0.3) is 0 Å². The average Bonchev–Trinajstić information content (AvgIpc) is 2.98. The van der Waals surface area contributed by atoms with Crippen molar-refractivity contribution in [2.45, 2.75) is 37.6 Å². The monoisotopic (exact) mass is 312 g/mol. The number of halogens is 2. The Morgan fingerprint density at radius 1 is 1.10 bits per heavy atom. The summed E-state index contributed by atoms with van der Waals surface area (Å²) in [6.07, 6.45) is 5.41. The van der Waals surface area contributed by atoms with Gasteiger partial charge in [-0.15, -0.1) is 11.6 Å². The van der Waals surface area contributed by atoms with E-state index in [1.54, 1.807) is 0 Å². The minimum absolute atomic E-state index is 0.482. The highest BCUT2D eigenvalue weighted by Gasteiger charge is 2.28. The van der Waals surface area contributed by atoms with E-state index in [0.717, 1.165) is 29.7 Å². The molecule has 0 aliphatic carbocycles. The lowest BCUT2D eigenvalue weighted by Gasteiger charge is -2.32. The van der Waals surface area contributed by atoms with Crippen molar-refractivity contribution in [3.63, 3.8) is 0 Å². The van der Waals surface area contributed by atoms with Crippen LogP contribution in [0.2, 0.25) is 5.02 Å². The molecule has 0 N–H and O–H groups in total. The summed E-state index contributed by atoms with van der Waals surface area (Å²) in [7, 11) is 0. The average molecular weight is 313 g/mol. The number of alkyl halides is 1. The summed E-state index contributed by atoms with van der Waals surface area (Å²) < 4.78 is 0. The number of piperidine rings is 1. The van der Waals surface area contributed by atoms with Crippen molar-refractivity contribution in [3.8, 4) is 0 Å². The Morgan fingerprint density at radius 2 is 1.90 bits per heavy atom. The van der Waals surface area contributed by atoms with Crippen LogP contribution in [-0.2, 0) is 5.88 Å². The maximum absolute atomic E-state index is 6.27. The lowest BCUT2D eigenvalue weighted by atomic mass is 10.1. The van der Waals surface area contributed by atoms with Gasteiger partial charge < -0.3 is 4.90 Å². The fourth-order valence-electron chi connectivity index (χ4n) is 3.40. The molecule has 2 aliphatic heterocycles. The molecule has 2 saturated heterocycles. The van der Waals surface area contributed by atoms with Crippen LogP contribution in [-0.4, -0.2) is 37.1 Å². The molecular formula is C16H22Cl2N2. The standard InChI is InChI=1S/C16H22Cl2N2/c17-11-13-4-5-14(10-16(13)18)20-9-6-15(12-20)19-7-2-1-3-8-19/h4-5,10,15H,1-3,6-9,11-12H2. The molecule has 2 nitrogen and oxygen atoms in total. The molecule has 3 rings (SSSR count). The predicted octanol–water partition coefficient (Wildman–Crippen LogP) is 4.14. The molecule has 2 fully saturated rings. The van der Waals surface area contributed by atoms with Crippen molar-refractivity contribution < 1.29 is 0 Å². The topological polar surface area (TPSA) is 6.48 Å². The Hall–Kier alpha value is -0.440. The minimum atomic E-state index is 0.482. The fraction of sp³-hybridized carbons (Fsp3) is 0.625. The van der Waals surface area contributed by atoms with Crippen LogP contribution < -0.4 is 4.90 Å². The zero-order chi connectivity index (χ0) is 13.9. The molecule has 1 atom stereocenters. The molecule has 4 heteroatoms. The Kier molecular flexibility index (Phi) is 4.75. The largest absolute Gasteiger partial charge is 0.370 e. The molecule has 0 spiro atoms. The number of hydrogen-bond donors (Lipinski definition) is 0. The van der Waals surface area contributed by atoms with Gasteiger partial charge in [0.2, 0.25) is 0 Å². The van der Waals surface area contributed by atoms with E-state index >= 15 is 0 Å². The summed E-state index contributed by atoms with van der Waals surface area (Å²) in [4.78, 5) is 5.14. The summed E-state index contributed by atoms with van der Waals surface area (Å²) >= 11 is 12.1. The second-order valence-corrected chi connectivity index (χ2v) is 6.57. The van der Waals surface area contributed by atoms with Crippen LogP contribution in [0.15, 0.2) is 18.2 Å². The van der Waals surface area contributed by atoms with Crippen molar-refractivity contribution in [3.05, 3.63) is 28.8 Å². The Morgan fingerprint density at radius 3 is 2.60 bits per heavy atom. The first kappa shape index (κ1) is 14.5. The molecule has 1 unspecified atom stereocenters. The molecule has 0 bridgehead atoms. The molecule has 20 heavy (non-hydrogen) atoms. The second kappa shape index (κ2) is 6.55. The van der Waals surface area contributed by atoms with E-state index in [9.17, 15) is 0 Å². The Labute approximate surface area is 131 Å². The number of rotatable bonds is 3. The van der Waals surface area contributed by atoms with Gasteiger partial charge in [-0.3, -0.25) is 4.90 Å². The molecule has 0 aromatic heterocycles. The van der Waals surface area contributed by atoms with Gasteiger partial charge >= 0.3 is 0 Å². The van der Waals surface area contributed by atoms with Crippen LogP contribution in [0.1, 0.15) is 31.2 Å². The smallest absolute Gasteiger partial charge is 0.0488 e. The quantitative estimate of drug-likeness (QED) is 0.774. The van der Waals surface area contributed by atoms with Crippen molar-refractivity contribution in [2.24, 2.45) is 0 Å². The van der Waals surface area contributed by atoms with E-state index in [1.807, 2.05) is 0 Å². The van der Waals surface area contributed by atoms with Gasteiger partial charge in [0.1, 0.15) is 0 Å². The highest BCUT2D eigenvalue weighted by atomic mass is 35.5. The number of benzene rings is 1. The first-order valence-electron chi connectivity index (χ1n) is 7.61.